The molecule has 4 rings (SSSR count). The first kappa shape index (κ1) is 15.8. The van der Waals surface area contributed by atoms with E-state index in [0.717, 1.165) is 11.3 Å². The molecule has 4 nitrogen and oxygen atoms in total. The highest BCUT2D eigenvalue weighted by molar-refractivity contribution is 5.73. The summed E-state index contributed by atoms with van der Waals surface area (Å²) in [6.45, 7) is 6.11. The van der Waals surface area contributed by atoms with Crippen molar-refractivity contribution < 1.29 is 18.6 Å². The van der Waals surface area contributed by atoms with Gasteiger partial charge in [-0.2, -0.15) is 0 Å². The third-order valence-corrected chi connectivity index (χ3v) is 4.69. The largest absolute Gasteiger partial charge is 0.490 e. The Kier molecular flexibility index (Phi) is 4.12. The predicted molar refractivity (Wildman–Crippen MR) is 89.6 cm³/mol. The predicted octanol–water partition coefficient (Wildman–Crippen LogP) is 3.36. The standard InChI is InChI=1S/C19H24FNO3/c1-11(2)17-6-16(21-13-3-4-13)14-5-15(20)19(7-18(14)24-17)23-10-12-8-22-9-12/h5-7,11-13,17,21H,3-4,8-10H2,1-2H3. The Morgan fingerprint density at radius 1 is 1.29 bits per heavy atom. The van der Waals surface area contributed by atoms with E-state index < -0.39 is 0 Å². The fourth-order valence-corrected chi connectivity index (χ4v) is 2.88. The van der Waals surface area contributed by atoms with Gasteiger partial charge in [0.2, 0.25) is 0 Å². The number of benzene rings is 1. The highest BCUT2D eigenvalue weighted by Crippen LogP contribution is 2.38. The average molecular weight is 333 g/mol. The average Bonchev–Trinajstić information content (AvgIpc) is 3.30. The molecule has 1 aliphatic carbocycles. The molecular formula is C19H24FNO3. The van der Waals surface area contributed by atoms with Crippen LogP contribution in [0.4, 0.5) is 4.39 Å². The minimum absolute atomic E-state index is 0.0166. The van der Waals surface area contributed by atoms with Crippen LogP contribution in [0.15, 0.2) is 18.2 Å². The Morgan fingerprint density at radius 2 is 2.08 bits per heavy atom. The lowest BCUT2D eigenvalue weighted by Crippen LogP contribution is -2.32. The molecule has 1 saturated carbocycles. The summed E-state index contributed by atoms with van der Waals surface area (Å²) in [5.74, 6) is 1.31. The van der Waals surface area contributed by atoms with Gasteiger partial charge in [0.25, 0.3) is 0 Å². The lowest BCUT2D eigenvalue weighted by Gasteiger charge is -2.29. The van der Waals surface area contributed by atoms with Crippen LogP contribution < -0.4 is 14.8 Å². The fraction of sp³-hybridized carbons (Fsp3) is 0.579. The van der Waals surface area contributed by atoms with E-state index in [4.69, 9.17) is 14.2 Å². The van der Waals surface area contributed by atoms with Crippen LogP contribution in [0, 0.1) is 17.7 Å². The summed E-state index contributed by atoms with van der Waals surface area (Å²) in [5.41, 5.74) is 1.77. The zero-order chi connectivity index (χ0) is 16.7. The normalized spacial score (nSPS) is 23.2. The zero-order valence-electron chi connectivity index (χ0n) is 14.2. The first-order valence-corrected chi connectivity index (χ1v) is 8.79. The summed E-state index contributed by atoms with van der Waals surface area (Å²) in [7, 11) is 0. The molecule has 1 atom stereocenters. The second-order valence-electron chi connectivity index (χ2n) is 7.32. The summed E-state index contributed by atoms with van der Waals surface area (Å²) in [6, 6.07) is 3.73. The molecule has 0 aromatic heterocycles. The molecule has 130 valence electrons. The Morgan fingerprint density at radius 3 is 2.71 bits per heavy atom. The van der Waals surface area contributed by atoms with Crippen LogP contribution in [0.1, 0.15) is 32.3 Å². The minimum Gasteiger partial charge on any atom is -0.490 e. The van der Waals surface area contributed by atoms with Gasteiger partial charge in [-0.15, -0.1) is 0 Å². The fourth-order valence-electron chi connectivity index (χ4n) is 2.88. The highest BCUT2D eigenvalue weighted by atomic mass is 19.1. The molecule has 2 aliphatic heterocycles. The van der Waals surface area contributed by atoms with Crippen molar-refractivity contribution in [3.8, 4) is 11.5 Å². The van der Waals surface area contributed by atoms with E-state index in [1.807, 2.05) is 0 Å². The molecule has 1 unspecified atom stereocenters. The molecule has 1 N–H and O–H groups in total. The summed E-state index contributed by atoms with van der Waals surface area (Å²) >= 11 is 0. The van der Waals surface area contributed by atoms with E-state index in [0.29, 0.717) is 43.4 Å². The minimum atomic E-state index is -0.343. The van der Waals surface area contributed by atoms with Crippen molar-refractivity contribution >= 4 is 5.70 Å². The molecule has 0 spiro atoms. The molecule has 2 fully saturated rings. The maximum atomic E-state index is 14.5. The van der Waals surface area contributed by atoms with Gasteiger partial charge in [-0.25, -0.2) is 4.39 Å². The number of hydrogen-bond acceptors (Lipinski definition) is 4. The smallest absolute Gasteiger partial charge is 0.166 e. The molecule has 2 heterocycles. The zero-order valence-corrected chi connectivity index (χ0v) is 14.2. The van der Waals surface area contributed by atoms with Crippen LogP contribution in [-0.4, -0.2) is 32.0 Å². The van der Waals surface area contributed by atoms with Crippen molar-refractivity contribution in [2.75, 3.05) is 19.8 Å². The van der Waals surface area contributed by atoms with Crippen molar-refractivity contribution in [3.63, 3.8) is 0 Å². The van der Waals surface area contributed by atoms with Gasteiger partial charge in [-0.05, 0) is 30.9 Å². The van der Waals surface area contributed by atoms with E-state index >= 15 is 0 Å². The van der Waals surface area contributed by atoms with Gasteiger partial charge in [0, 0.05) is 29.3 Å². The van der Waals surface area contributed by atoms with Gasteiger partial charge >= 0.3 is 0 Å². The Hall–Kier alpha value is -1.75. The van der Waals surface area contributed by atoms with Crippen LogP contribution in [0.2, 0.25) is 0 Å². The van der Waals surface area contributed by atoms with Crippen LogP contribution in [0.5, 0.6) is 11.5 Å². The van der Waals surface area contributed by atoms with Crippen molar-refractivity contribution in [1.29, 1.82) is 0 Å². The summed E-state index contributed by atoms with van der Waals surface area (Å²) < 4.78 is 31.3. The number of ether oxygens (including phenoxy) is 3. The number of fused-ring (bicyclic) bond motifs is 1. The van der Waals surface area contributed by atoms with E-state index in [9.17, 15) is 4.39 Å². The van der Waals surface area contributed by atoms with Gasteiger partial charge < -0.3 is 19.5 Å². The quantitative estimate of drug-likeness (QED) is 0.866. The lowest BCUT2D eigenvalue weighted by molar-refractivity contribution is -0.0513. The molecule has 0 amide bonds. The first-order valence-electron chi connectivity index (χ1n) is 8.79. The molecule has 5 heteroatoms. The first-order chi connectivity index (χ1) is 11.6. The van der Waals surface area contributed by atoms with Gasteiger partial charge in [-0.3, -0.25) is 0 Å². The van der Waals surface area contributed by atoms with Gasteiger partial charge in [0.15, 0.2) is 11.6 Å². The van der Waals surface area contributed by atoms with E-state index in [1.54, 1.807) is 6.07 Å². The third kappa shape index (κ3) is 3.22. The van der Waals surface area contributed by atoms with Crippen molar-refractivity contribution in [2.45, 2.75) is 38.8 Å². The van der Waals surface area contributed by atoms with E-state index in [1.165, 1.54) is 18.9 Å². The molecule has 1 saturated heterocycles. The third-order valence-electron chi connectivity index (χ3n) is 4.69. The highest BCUT2D eigenvalue weighted by Gasteiger charge is 2.29. The van der Waals surface area contributed by atoms with Crippen molar-refractivity contribution in [2.24, 2.45) is 11.8 Å². The summed E-state index contributed by atoms with van der Waals surface area (Å²) in [4.78, 5) is 0. The van der Waals surface area contributed by atoms with Crippen molar-refractivity contribution in [3.05, 3.63) is 29.6 Å². The van der Waals surface area contributed by atoms with Crippen LogP contribution in [0.25, 0.3) is 5.70 Å². The van der Waals surface area contributed by atoms with Gasteiger partial charge in [-0.1, -0.05) is 13.8 Å². The number of halogens is 1. The molecule has 0 bridgehead atoms. The number of hydrogen-bond donors (Lipinski definition) is 1. The molecule has 3 aliphatic rings. The number of rotatable bonds is 6. The van der Waals surface area contributed by atoms with Gasteiger partial charge in [0.05, 0.1) is 19.8 Å². The van der Waals surface area contributed by atoms with Gasteiger partial charge in [0.1, 0.15) is 11.9 Å². The monoisotopic (exact) mass is 333 g/mol. The Bertz CT molecular complexity index is 650. The summed E-state index contributed by atoms with van der Waals surface area (Å²) in [5, 5.41) is 3.51. The maximum Gasteiger partial charge on any atom is 0.166 e. The van der Waals surface area contributed by atoms with E-state index in [-0.39, 0.29) is 17.7 Å². The molecule has 24 heavy (non-hydrogen) atoms. The maximum absolute atomic E-state index is 14.5. The SMILES string of the molecule is CC(C)C1C=C(NC2CC2)c2cc(F)c(OCC3COC3)cc2O1. The van der Waals surface area contributed by atoms with E-state index in [2.05, 4.69) is 25.2 Å². The van der Waals surface area contributed by atoms with Crippen LogP contribution in [0.3, 0.4) is 0 Å². The summed E-state index contributed by atoms with van der Waals surface area (Å²) in [6.07, 6.45) is 4.41. The van der Waals surface area contributed by atoms with Crippen LogP contribution >= 0.6 is 0 Å². The second kappa shape index (κ2) is 6.28. The molecule has 0 radical (unpaired) electrons. The number of nitrogens with one attached hydrogen (secondary N) is 1. The van der Waals surface area contributed by atoms with Crippen LogP contribution in [-0.2, 0) is 4.74 Å². The second-order valence-corrected chi connectivity index (χ2v) is 7.32. The lowest BCUT2D eigenvalue weighted by atomic mass is 9.99. The molecule has 1 aromatic carbocycles. The Labute approximate surface area is 142 Å². The Balaban J connectivity index is 1.59. The molecule has 1 aromatic rings. The topological polar surface area (TPSA) is 39.7 Å². The van der Waals surface area contributed by atoms with Crippen molar-refractivity contribution in [1.82, 2.24) is 5.32 Å². The molecular weight excluding hydrogens is 309 g/mol.